The maximum atomic E-state index is 6.19. The molecular weight excluding hydrogens is 298 g/mol. The van der Waals surface area contributed by atoms with Crippen molar-refractivity contribution >= 4 is 17.3 Å². The molecule has 0 saturated heterocycles. The molecule has 0 aliphatic carbocycles. The van der Waals surface area contributed by atoms with Crippen LogP contribution in [0.4, 0.5) is 0 Å². The SMILES string of the molecule is C=C(c1ccc(OC)c(OCCCOC)c1)[C@@H](N)CCSC. The lowest BCUT2D eigenvalue weighted by Crippen LogP contribution is -2.22. The van der Waals surface area contributed by atoms with E-state index in [1.54, 1.807) is 26.0 Å². The van der Waals surface area contributed by atoms with Gasteiger partial charge in [0.15, 0.2) is 11.5 Å². The van der Waals surface area contributed by atoms with Crippen LogP contribution in [-0.2, 0) is 4.74 Å². The molecule has 1 rings (SSSR count). The molecule has 1 atom stereocenters. The van der Waals surface area contributed by atoms with Gasteiger partial charge in [0.05, 0.1) is 13.7 Å². The van der Waals surface area contributed by atoms with Gasteiger partial charge in [0, 0.05) is 26.2 Å². The first-order chi connectivity index (χ1) is 10.6. The molecular formula is C17H27NO3S. The van der Waals surface area contributed by atoms with Gasteiger partial charge in [-0.15, -0.1) is 0 Å². The summed E-state index contributed by atoms with van der Waals surface area (Å²) < 4.78 is 16.2. The second-order valence-electron chi connectivity index (χ2n) is 4.97. The zero-order chi connectivity index (χ0) is 16.4. The van der Waals surface area contributed by atoms with Crippen molar-refractivity contribution in [1.29, 1.82) is 0 Å². The highest BCUT2D eigenvalue weighted by Gasteiger charge is 2.12. The summed E-state index contributed by atoms with van der Waals surface area (Å²) in [6.45, 7) is 5.39. The van der Waals surface area contributed by atoms with Crippen LogP contribution in [-0.4, -0.2) is 45.5 Å². The third kappa shape index (κ3) is 5.91. The number of thioether (sulfide) groups is 1. The quantitative estimate of drug-likeness (QED) is 0.633. The van der Waals surface area contributed by atoms with Gasteiger partial charge in [-0.25, -0.2) is 0 Å². The zero-order valence-corrected chi connectivity index (χ0v) is 14.6. The summed E-state index contributed by atoms with van der Waals surface area (Å²) in [5.41, 5.74) is 8.12. The van der Waals surface area contributed by atoms with Crippen LogP contribution < -0.4 is 15.2 Å². The molecule has 22 heavy (non-hydrogen) atoms. The molecule has 0 heterocycles. The van der Waals surface area contributed by atoms with E-state index in [9.17, 15) is 0 Å². The summed E-state index contributed by atoms with van der Waals surface area (Å²) >= 11 is 1.79. The van der Waals surface area contributed by atoms with Crippen molar-refractivity contribution in [3.63, 3.8) is 0 Å². The second-order valence-corrected chi connectivity index (χ2v) is 5.96. The first kappa shape index (κ1) is 18.9. The van der Waals surface area contributed by atoms with Crippen LogP contribution >= 0.6 is 11.8 Å². The molecule has 0 fully saturated rings. The van der Waals surface area contributed by atoms with Crippen molar-refractivity contribution in [3.05, 3.63) is 30.3 Å². The minimum atomic E-state index is -0.0396. The average Bonchev–Trinajstić information content (AvgIpc) is 2.55. The molecule has 0 bridgehead atoms. The predicted molar refractivity (Wildman–Crippen MR) is 95.0 cm³/mol. The standard InChI is InChI=1S/C17H27NO3S/c1-13(15(18)8-11-22-4)14-6-7-16(20-3)17(12-14)21-10-5-9-19-2/h6-7,12,15H,1,5,8-11,18H2,2-4H3/t15-/m0/s1. The highest BCUT2D eigenvalue weighted by molar-refractivity contribution is 7.98. The number of nitrogens with two attached hydrogens (primary N) is 1. The normalized spacial score (nSPS) is 12.0. The molecule has 0 spiro atoms. The lowest BCUT2D eigenvalue weighted by atomic mass is 9.98. The Morgan fingerprint density at radius 2 is 2.05 bits per heavy atom. The summed E-state index contributed by atoms with van der Waals surface area (Å²) in [5, 5.41) is 0. The molecule has 0 aliphatic heterocycles. The van der Waals surface area contributed by atoms with Crippen LogP contribution in [0.5, 0.6) is 11.5 Å². The Hall–Kier alpha value is -1.17. The summed E-state index contributed by atoms with van der Waals surface area (Å²) in [6, 6.07) is 5.78. The van der Waals surface area contributed by atoms with Gasteiger partial charge in [0.2, 0.25) is 0 Å². The fraction of sp³-hybridized carbons (Fsp3) is 0.529. The van der Waals surface area contributed by atoms with Gasteiger partial charge in [0.25, 0.3) is 0 Å². The summed E-state index contributed by atoms with van der Waals surface area (Å²) in [4.78, 5) is 0. The molecule has 124 valence electrons. The van der Waals surface area contributed by atoms with Crippen molar-refractivity contribution in [3.8, 4) is 11.5 Å². The van der Waals surface area contributed by atoms with Gasteiger partial charge in [0.1, 0.15) is 0 Å². The number of rotatable bonds is 11. The lowest BCUT2D eigenvalue weighted by Gasteiger charge is -2.17. The van der Waals surface area contributed by atoms with E-state index in [0.29, 0.717) is 24.7 Å². The molecule has 0 radical (unpaired) electrons. The monoisotopic (exact) mass is 325 g/mol. The highest BCUT2D eigenvalue weighted by Crippen LogP contribution is 2.31. The predicted octanol–water partition coefficient (Wildman–Crippen LogP) is 3.20. The van der Waals surface area contributed by atoms with Crippen LogP contribution in [0.25, 0.3) is 5.57 Å². The van der Waals surface area contributed by atoms with E-state index in [2.05, 4.69) is 12.8 Å². The fourth-order valence-corrected chi connectivity index (χ4v) is 2.50. The maximum Gasteiger partial charge on any atom is 0.161 e. The van der Waals surface area contributed by atoms with Gasteiger partial charge >= 0.3 is 0 Å². The molecule has 2 N–H and O–H groups in total. The van der Waals surface area contributed by atoms with Crippen LogP contribution in [0.1, 0.15) is 18.4 Å². The van der Waals surface area contributed by atoms with Crippen LogP contribution in [0, 0.1) is 0 Å². The van der Waals surface area contributed by atoms with Crippen LogP contribution in [0.3, 0.4) is 0 Å². The summed E-state index contributed by atoms with van der Waals surface area (Å²) in [7, 11) is 3.32. The average molecular weight is 325 g/mol. The Morgan fingerprint density at radius 3 is 2.68 bits per heavy atom. The molecule has 0 amide bonds. The molecule has 0 saturated carbocycles. The molecule has 4 nitrogen and oxygen atoms in total. The zero-order valence-electron chi connectivity index (χ0n) is 13.8. The van der Waals surface area contributed by atoms with Gasteiger partial charge in [-0.05, 0) is 41.7 Å². The maximum absolute atomic E-state index is 6.19. The first-order valence-electron chi connectivity index (χ1n) is 7.37. The number of hydrogen-bond acceptors (Lipinski definition) is 5. The molecule has 0 aromatic heterocycles. The number of hydrogen-bond donors (Lipinski definition) is 1. The minimum Gasteiger partial charge on any atom is -0.493 e. The van der Waals surface area contributed by atoms with Gasteiger partial charge < -0.3 is 19.9 Å². The van der Waals surface area contributed by atoms with Crippen LogP contribution in [0.15, 0.2) is 24.8 Å². The largest absolute Gasteiger partial charge is 0.493 e. The summed E-state index contributed by atoms with van der Waals surface area (Å²) in [5.74, 6) is 2.46. The molecule has 0 aliphatic rings. The Balaban J connectivity index is 2.77. The number of ether oxygens (including phenoxy) is 3. The van der Waals surface area contributed by atoms with Crippen molar-refractivity contribution in [1.82, 2.24) is 0 Å². The van der Waals surface area contributed by atoms with E-state index >= 15 is 0 Å². The second kappa shape index (κ2) is 10.5. The van der Waals surface area contributed by atoms with Crippen molar-refractivity contribution < 1.29 is 14.2 Å². The summed E-state index contributed by atoms with van der Waals surface area (Å²) in [6.07, 6.45) is 3.82. The topological polar surface area (TPSA) is 53.7 Å². The Morgan fingerprint density at radius 1 is 1.27 bits per heavy atom. The van der Waals surface area contributed by atoms with E-state index in [1.165, 1.54) is 0 Å². The van der Waals surface area contributed by atoms with E-state index in [4.69, 9.17) is 19.9 Å². The van der Waals surface area contributed by atoms with Gasteiger partial charge in [-0.3, -0.25) is 0 Å². The molecule has 5 heteroatoms. The number of methoxy groups -OCH3 is 2. The highest BCUT2D eigenvalue weighted by atomic mass is 32.2. The fourth-order valence-electron chi connectivity index (χ4n) is 2.01. The minimum absolute atomic E-state index is 0.0396. The van der Waals surface area contributed by atoms with E-state index < -0.39 is 0 Å². The third-order valence-electron chi connectivity index (χ3n) is 3.37. The number of benzene rings is 1. The smallest absolute Gasteiger partial charge is 0.161 e. The van der Waals surface area contributed by atoms with E-state index in [0.717, 1.165) is 29.7 Å². The third-order valence-corrected chi connectivity index (χ3v) is 4.01. The van der Waals surface area contributed by atoms with Gasteiger partial charge in [-0.2, -0.15) is 11.8 Å². The van der Waals surface area contributed by atoms with E-state index in [-0.39, 0.29) is 6.04 Å². The lowest BCUT2D eigenvalue weighted by molar-refractivity contribution is 0.170. The Kier molecular flexibility index (Phi) is 9.04. The first-order valence-corrected chi connectivity index (χ1v) is 8.76. The van der Waals surface area contributed by atoms with E-state index in [1.807, 2.05) is 18.2 Å². The molecule has 1 aromatic carbocycles. The van der Waals surface area contributed by atoms with Crippen molar-refractivity contribution in [2.75, 3.05) is 39.4 Å². The molecule has 0 unspecified atom stereocenters. The Bertz CT molecular complexity index is 465. The van der Waals surface area contributed by atoms with Crippen molar-refractivity contribution in [2.24, 2.45) is 5.73 Å². The van der Waals surface area contributed by atoms with Crippen molar-refractivity contribution in [2.45, 2.75) is 18.9 Å². The molecule has 1 aromatic rings. The van der Waals surface area contributed by atoms with Gasteiger partial charge in [-0.1, -0.05) is 12.6 Å². The Labute approximate surface area is 138 Å². The van der Waals surface area contributed by atoms with Crippen LogP contribution in [0.2, 0.25) is 0 Å².